The third-order valence-corrected chi connectivity index (χ3v) is 6.94. The van der Waals surface area contributed by atoms with Gasteiger partial charge in [-0.05, 0) is 38.7 Å². The summed E-state index contributed by atoms with van der Waals surface area (Å²) in [4.78, 5) is 17.7. The lowest BCUT2D eigenvalue weighted by Crippen LogP contribution is -2.34. The first kappa shape index (κ1) is 23.7. The van der Waals surface area contributed by atoms with E-state index < -0.39 is 35.5 Å². The number of halogens is 3. The highest BCUT2D eigenvalue weighted by Gasteiger charge is 2.41. The lowest BCUT2D eigenvalue weighted by molar-refractivity contribution is -0.178. The van der Waals surface area contributed by atoms with Gasteiger partial charge in [0.15, 0.2) is 11.4 Å². The molecule has 0 unspecified atom stereocenters. The monoisotopic (exact) mass is 488 g/mol. The van der Waals surface area contributed by atoms with Crippen LogP contribution in [0.4, 0.5) is 13.2 Å². The van der Waals surface area contributed by atoms with Gasteiger partial charge in [-0.2, -0.15) is 5.10 Å². The predicted octanol–water partition coefficient (Wildman–Crippen LogP) is 5.01. The van der Waals surface area contributed by atoms with Crippen molar-refractivity contribution in [3.05, 3.63) is 64.4 Å². The van der Waals surface area contributed by atoms with E-state index in [2.05, 4.69) is 15.4 Å². The van der Waals surface area contributed by atoms with Crippen molar-refractivity contribution in [2.45, 2.75) is 63.7 Å². The first-order valence-electron chi connectivity index (χ1n) is 11.8. The topological polar surface area (TPSA) is 77.8 Å². The van der Waals surface area contributed by atoms with Gasteiger partial charge in [-0.15, -0.1) is 0 Å². The first-order valence-corrected chi connectivity index (χ1v) is 11.8. The van der Waals surface area contributed by atoms with E-state index in [0.717, 1.165) is 37.3 Å². The number of ether oxygens (including phenoxy) is 2. The molecule has 1 N–H and O–H groups in total. The number of aryl methyl sites for hydroxylation is 1. The van der Waals surface area contributed by atoms with Gasteiger partial charge in [0, 0.05) is 30.2 Å². The Morgan fingerprint density at radius 2 is 1.89 bits per heavy atom. The molecule has 0 bridgehead atoms. The summed E-state index contributed by atoms with van der Waals surface area (Å²) in [6.45, 7) is 4.56. The van der Waals surface area contributed by atoms with Crippen LogP contribution in [0.3, 0.4) is 0 Å². The number of fused-ring (bicyclic) bond motifs is 1. The molecule has 1 amide bonds. The summed E-state index contributed by atoms with van der Waals surface area (Å²) in [7, 11) is 0. The SMILES string of the molecule is Cc1nc2c(C3CCC4(CC3)OCCO4)cc(C(=O)N[C@H](C)c3cccc(C(F)F)c3F)cn2n1. The Morgan fingerprint density at radius 3 is 2.57 bits per heavy atom. The van der Waals surface area contributed by atoms with Gasteiger partial charge in [0.25, 0.3) is 12.3 Å². The number of carbonyl (C=O) groups excluding carboxylic acids is 1. The molecule has 1 spiro atoms. The quantitative estimate of drug-likeness (QED) is 0.547. The number of hydrogen-bond donors (Lipinski definition) is 1. The summed E-state index contributed by atoms with van der Waals surface area (Å²) < 4.78 is 54.1. The molecule has 2 fully saturated rings. The van der Waals surface area contributed by atoms with Crippen LogP contribution < -0.4 is 5.32 Å². The summed E-state index contributed by atoms with van der Waals surface area (Å²) in [5.74, 6) is -1.24. The number of alkyl halides is 2. The highest BCUT2D eigenvalue weighted by molar-refractivity contribution is 5.94. The van der Waals surface area contributed by atoms with Crippen LogP contribution in [0, 0.1) is 12.7 Å². The molecule has 186 valence electrons. The zero-order valence-electron chi connectivity index (χ0n) is 19.6. The van der Waals surface area contributed by atoms with E-state index in [1.807, 2.05) is 0 Å². The highest BCUT2D eigenvalue weighted by atomic mass is 19.3. The molecule has 3 heterocycles. The molecule has 2 aromatic heterocycles. The van der Waals surface area contributed by atoms with Crippen molar-refractivity contribution >= 4 is 11.6 Å². The van der Waals surface area contributed by atoms with Gasteiger partial charge in [0.05, 0.1) is 30.4 Å². The van der Waals surface area contributed by atoms with Crippen molar-refractivity contribution < 1.29 is 27.4 Å². The smallest absolute Gasteiger partial charge is 0.266 e. The number of nitrogens with zero attached hydrogens (tertiary/aromatic N) is 3. The van der Waals surface area contributed by atoms with Crippen LogP contribution in [0.5, 0.6) is 0 Å². The zero-order chi connectivity index (χ0) is 24.7. The summed E-state index contributed by atoms with van der Waals surface area (Å²) in [6, 6.07) is 4.78. The Labute approximate surface area is 200 Å². The lowest BCUT2D eigenvalue weighted by Gasteiger charge is -2.35. The van der Waals surface area contributed by atoms with E-state index >= 15 is 0 Å². The van der Waals surface area contributed by atoms with Crippen molar-refractivity contribution in [1.29, 1.82) is 0 Å². The number of pyridine rings is 1. The first-order chi connectivity index (χ1) is 16.8. The maximum Gasteiger partial charge on any atom is 0.266 e. The van der Waals surface area contributed by atoms with Crippen molar-refractivity contribution in [3.8, 4) is 0 Å². The number of hydrogen-bond acceptors (Lipinski definition) is 5. The Bertz CT molecular complexity index is 1250. The normalized spacial score (nSPS) is 19.0. The van der Waals surface area contributed by atoms with Crippen LogP contribution >= 0.6 is 0 Å². The number of aromatic nitrogens is 3. The van der Waals surface area contributed by atoms with Gasteiger partial charge < -0.3 is 14.8 Å². The summed E-state index contributed by atoms with van der Waals surface area (Å²) in [5, 5.41) is 7.13. The Kier molecular flexibility index (Phi) is 6.27. The molecule has 0 radical (unpaired) electrons. The molecule has 3 aromatic rings. The minimum Gasteiger partial charge on any atom is -0.348 e. The van der Waals surface area contributed by atoms with Crippen molar-refractivity contribution in [2.75, 3.05) is 13.2 Å². The fourth-order valence-corrected chi connectivity index (χ4v) is 5.13. The standard InChI is InChI=1S/C25H27F3N4O3/c1-14(18-4-3-5-19(21(18)26)22(27)28)29-24(33)17-12-20(23-30-15(2)31-32(23)13-17)16-6-8-25(9-7-16)34-10-11-35-25/h3-5,12-14,16,22H,6-11H2,1-2H3,(H,29,33)/t14-/m1/s1. The second-order valence-corrected chi connectivity index (χ2v) is 9.24. The second kappa shape index (κ2) is 9.23. The van der Waals surface area contributed by atoms with E-state index in [-0.39, 0.29) is 11.5 Å². The molecule has 35 heavy (non-hydrogen) atoms. The molecule has 1 aliphatic heterocycles. The minimum absolute atomic E-state index is 0.00296. The van der Waals surface area contributed by atoms with Crippen molar-refractivity contribution in [2.24, 2.45) is 0 Å². The van der Waals surface area contributed by atoms with Gasteiger partial charge in [-0.3, -0.25) is 4.79 Å². The number of amides is 1. The van der Waals surface area contributed by atoms with Crippen molar-refractivity contribution in [1.82, 2.24) is 19.9 Å². The van der Waals surface area contributed by atoms with E-state index in [9.17, 15) is 18.0 Å². The van der Waals surface area contributed by atoms with Gasteiger partial charge in [0.2, 0.25) is 0 Å². The fraction of sp³-hybridized carbons (Fsp3) is 0.480. The van der Waals surface area contributed by atoms with Gasteiger partial charge >= 0.3 is 0 Å². The molecule has 1 aliphatic carbocycles. The number of benzene rings is 1. The van der Waals surface area contributed by atoms with Gasteiger partial charge in [-0.25, -0.2) is 22.7 Å². The Morgan fingerprint density at radius 1 is 1.20 bits per heavy atom. The molecule has 2 aliphatic rings. The molecule has 1 aromatic carbocycles. The summed E-state index contributed by atoms with van der Waals surface area (Å²) in [5.41, 5.74) is 1.25. The summed E-state index contributed by atoms with van der Waals surface area (Å²) in [6.07, 6.45) is 1.78. The van der Waals surface area contributed by atoms with Gasteiger partial charge in [-0.1, -0.05) is 18.2 Å². The zero-order valence-corrected chi connectivity index (χ0v) is 19.6. The maximum atomic E-state index is 14.6. The average Bonchev–Trinajstić information content (AvgIpc) is 3.44. The Balaban J connectivity index is 1.41. The van der Waals surface area contributed by atoms with Crippen LogP contribution in [-0.2, 0) is 9.47 Å². The largest absolute Gasteiger partial charge is 0.348 e. The Hall–Kier alpha value is -2.98. The number of nitrogens with one attached hydrogen (secondary N) is 1. The van der Waals surface area contributed by atoms with Crippen LogP contribution in [0.15, 0.2) is 30.5 Å². The predicted molar refractivity (Wildman–Crippen MR) is 121 cm³/mol. The van der Waals surface area contributed by atoms with E-state index in [1.54, 1.807) is 30.6 Å². The van der Waals surface area contributed by atoms with E-state index in [0.29, 0.717) is 30.2 Å². The molecule has 1 atom stereocenters. The second-order valence-electron chi connectivity index (χ2n) is 9.24. The van der Waals surface area contributed by atoms with E-state index in [1.165, 1.54) is 12.1 Å². The lowest BCUT2D eigenvalue weighted by atomic mass is 9.81. The fourth-order valence-electron chi connectivity index (χ4n) is 5.13. The van der Waals surface area contributed by atoms with E-state index in [4.69, 9.17) is 9.47 Å². The van der Waals surface area contributed by atoms with Crippen LogP contribution in [0.2, 0.25) is 0 Å². The van der Waals surface area contributed by atoms with Crippen molar-refractivity contribution in [3.63, 3.8) is 0 Å². The number of rotatable bonds is 5. The third-order valence-electron chi connectivity index (χ3n) is 6.94. The highest BCUT2D eigenvalue weighted by Crippen LogP contribution is 2.43. The van der Waals surface area contributed by atoms with Crippen LogP contribution in [-0.4, -0.2) is 39.5 Å². The van der Waals surface area contributed by atoms with Crippen LogP contribution in [0.1, 0.15) is 83.9 Å². The maximum absolute atomic E-state index is 14.6. The van der Waals surface area contributed by atoms with Gasteiger partial charge in [0.1, 0.15) is 11.6 Å². The average molecular weight is 489 g/mol. The molecular formula is C25H27F3N4O3. The molecule has 5 rings (SSSR count). The minimum atomic E-state index is -2.94. The molecule has 1 saturated heterocycles. The molecular weight excluding hydrogens is 461 g/mol. The number of carbonyl (C=O) groups is 1. The summed E-state index contributed by atoms with van der Waals surface area (Å²) >= 11 is 0. The van der Waals surface area contributed by atoms with Crippen LogP contribution in [0.25, 0.3) is 5.65 Å². The molecule has 1 saturated carbocycles. The molecule has 7 nitrogen and oxygen atoms in total. The third kappa shape index (κ3) is 4.52. The molecule has 10 heteroatoms.